The number of nitrogens with zero attached hydrogens (tertiary/aromatic N) is 5. The van der Waals surface area contributed by atoms with E-state index in [1.165, 1.54) is 22.2 Å². The molecular weight excluding hydrogens is 364 g/mol. The van der Waals surface area contributed by atoms with Crippen molar-refractivity contribution in [2.24, 2.45) is 7.05 Å². The Bertz CT molecular complexity index is 1070. The van der Waals surface area contributed by atoms with Gasteiger partial charge in [0, 0.05) is 11.9 Å². The van der Waals surface area contributed by atoms with Crippen LogP contribution in [-0.4, -0.2) is 35.6 Å². The van der Waals surface area contributed by atoms with Gasteiger partial charge in [-0.3, -0.25) is 4.79 Å². The first kappa shape index (κ1) is 17.4. The second kappa shape index (κ2) is 7.29. The van der Waals surface area contributed by atoms with E-state index in [9.17, 15) is 9.90 Å². The van der Waals surface area contributed by atoms with Gasteiger partial charge in [-0.15, -0.1) is 16.4 Å². The van der Waals surface area contributed by atoms with Crippen LogP contribution in [0, 0.1) is 0 Å². The van der Waals surface area contributed by atoms with Crippen LogP contribution in [0.15, 0.2) is 48.0 Å². The maximum absolute atomic E-state index is 12.3. The summed E-state index contributed by atoms with van der Waals surface area (Å²) in [6, 6.07) is 11.5. The van der Waals surface area contributed by atoms with Crippen molar-refractivity contribution < 1.29 is 9.90 Å². The number of aliphatic hydroxyl groups excluding tert-OH is 1. The average Bonchev–Trinajstić information content (AvgIpc) is 3.41. The maximum atomic E-state index is 12.3. The summed E-state index contributed by atoms with van der Waals surface area (Å²) in [7, 11) is 1.92. The molecule has 1 amide bonds. The highest BCUT2D eigenvalue weighted by molar-refractivity contribution is 7.10. The van der Waals surface area contributed by atoms with Gasteiger partial charge in [0.15, 0.2) is 5.69 Å². The second-order valence-corrected chi connectivity index (χ2v) is 7.09. The number of aryl methyl sites for hydroxylation is 1. The largest absolute Gasteiger partial charge is 0.386 e. The summed E-state index contributed by atoms with van der Waals surface area (Å²) in [4.78, 5) is 17.7. The number of aromatic nitrogens is 5. The van der Waals surface area contributed by atoms with Crippen LogP contribution in [0.3, 0.4) is 0 Å². The normalized spacial score (nSPS) is 12.4. The number of carbonyl (C=O) groups excluding carboxylic acids is 1. The van der Waals surface area contributed by atoms with Crippen molar-refractivity contribution in [3.8, 4) is 0 Å². The monoisotopic (exact) mass is 382 g/mol. The molecule has 0 radical (unpaired) electrons. The zero-order valence-electron chi connectivity index (χ0n) is 14.6. The first-order valence-corrected chi connectivity index (χ1v) is 9.30. The predicted molar refractivity (Wildman–Crippen MR) is 101 cm³/mol. The van der Waals surface area contributed by atoms with E-state index in [0.29, 0.717) is 0 Å². The number of carbonyl (C=O) groups is 1. The highest BCUT2D eigenvalue weighted by Crippen LogP contribution is 2.20. The second-order valence-electron chi connectivity index (χ2n) is 6.12. The van der Waals surface area contributed by atoms with Crippen LogP contribution in [0.4, 0.5) is 0 Å². The number of rotatable bonds is 6. The Hall–Kier alpha value is -3.04. The van der Waals surface area contributed by atoms with Crippen LogP contribution < -0.4 is 5.32 Å². The summed E-state index contributed by atoms with van der Waals surface area (Å²) in [6.07, 6.45) is 0.851. The average molecular weight is 382 g/mol. The van der Waals surface area contributed by atoms with Crippen molar-refractivity contribution in [1.29, 1.82) is 0 Å². The molecule has 1 aromatic carbocycles. The first-order valence-electron chi connectivity index (χ1n) is 8.42. The van der Waals surface area contributed by atoms with Crippen molar-refractivity contribution in [3.63, 3.8) is 0 Å². The van der Waals surface area contributed by atoms with E-state index in [2.05, 4.69) is 20.6 Å². The molecule has 9 heteroatoms. The van der Waals surface area contributed by atoms with Gasteiger partial charge in [-0.05, 0) is 23.6 Å². The molecule has 0 saturated carbocycles. The highest BCUT2D eigenvalue weighted by atomic mass is 32.1. The lowest BCUT2D eigenvalue weighted by Gasteiger charge is -2.07. The Balaban J connectivity index is 1.40. The lowest BCUT2D eigenvalue weighted by Crippen LogP contribution is -2.24. The van der Waals surface area contributed by atoms with E-state index in [1.807, 2.05) is 53.4 Å². The quantitative estimate of drug-likeness (QED) is 0.531. The predicted octanol–water partition coefficient (Wildman–Crippen LogP) is 1.89. The Morgan fingerprint density at radius 1 is 1.30 bits per heavy atom. The summed E-state index contributed by atoms with van der Waals surface area (Å²) in [5.41, 5.74) is 2.10. The molecule has 8 nitrogen and oxygen atoms in total. The van der Waals surface area contributed by atoms with Gasteiger partial charge in [-0.25, -0.2) is 9.67 Å². The van der Waals surface area contributed by atoms with Gasteiger partial charge >= 0.3 is 0 Å². The molecule has 4 rings (SSSR count). The van der Waals surface area contributed by atoms with Crippen LogP contribution in [0.25, 0.3) is 11.0 Å². The summed E-state index contributed by atoms with van der Waals surface area (Å²) in [5.74, 6) is 0.420. The summed E-state index contributed by atoms with van der Waals surface area (Å²) in [6.45, 7) is 0.528. The summed E-state index contributed by atoms with van der Waals surface area (Å²) < 4.78 is 3.41. The third-order valence-corrected chi connectivity index (χ3v) is 5.26. The number of hydrogen-bond donors (Lipinski definition) is 2. The van der Waals surface area contributed by atoms with Gasteiger partial charge in [0.25, 0.3) is 5.91 Å². The van der Waals surface area contributed by atoms with Crippen molar-refractivity contribution in [2.75, 3.05) is 0 Å². The van der Waals surface area contributed by atoms with Crippen molar-refractivity contribution >= 4 is 28.3 Å². The Morgan fingerprint density at radius 3 is 2.93 bits per heavy atom. The number of thiophene rings is 1. The smallest absolute Gasteiger partial charge is 0.273 e. The van der Waals surface area contributed by atoms with E-state index in [-0.39, 0.29) is 24.7 Å². The third-order valence-electron chi connectivity index (χ3n) is 4.29. The van der Waals surface area contributed by atoms with Crippen LogP contribution >= 0.6 is 11.3 Å². The van der Waals surface area contributed by atoms with Gasteiger partial charge in [0.2, 0.25) is 0 Å². The van der Waals surface area contributed by atoms with Gasteiger partial charge in [-0.1, -0.05) is 23.4 Å². The fraction of sp³-hybridized carbons (Fsp3) is 0.222. The molecule has 2 N–H and O–H groups in total. The van der Waals surface area contributed by atoms with Crippen LogP contribution in [0.5, 0.6) is 0 Å². The number of para-hydroxylation sites is 2. The molecule has 0 aliphatic heterocycles. The van der Waals surface area contributed by atoms with E-state index in [4.69, 9.17) is 0 Å². The minimum atomic E-state index is -0.678. The van der Waals surface area contributed by atoms with E-state index >= 15 is 0 Å². The summed E-state index contributed by atoms with van der Waals surface area (Å²) in [5, 5.41) is 22.7. The maximum Gasteiger partial charge on any atom is 0.273 e. The Morgan fingerprint density at radius 2 is 2.15 bits per heavy atom. The lowest BCUT2D eigenvalue weighted by atomic mass is 10.3. The number of aliphatic hydroxyl groups is 1. The van der Waals surface area contributed by atoms with Crippen molar-refractivity contribution in [2.45, 2.75) is 19.2 Å². The Kier molecular flexibility index (Phi) is 4.69. The fourth-order valence-corrected chi connectivity index (χ4v) is 3.55. The third kappa shape index (κ3) is 3.60. The van der Waals surface area contributed by atoms with Crippen molar-refractivity contribution in [1.82, 2.24) is 29.9 Å². The molecule has 0 spiro atoms. The molecule has 3 aromatic heterocycles. The van der Waals surface area contributed by atoms with Crippen molar-refractivity contribution in [3.05, 3.63) is 64.4 Å². The molecule has 0 saturated heterocycles. The molecule has 0 bridgehead atoms. The number of hydrogen-bond acceptors (Lipinski definition) is 6. The molecule has 27 heavy (non-hydrogen) atoms. The molecule has 0 fully saturated rings. The van der Waals surface area contributed by atoms with E-state index in [1.54, 1.807) is 0 Å². The SMILES string of the molecule is Cn1c(CNC(=O)c2cn(CC(O)c3cccs3)nn2)nc2ccccc21. The van der Waals surface area contributed by atoms with Crippen LogP contribution in [0.1, 0.15) is 27.3 Å². The van der Waals surface area contributed by atoms with Gasteiger partial charge in [0.05, 0.1) is 30.3 Å². The van der Waals surface area contributed by atoms with E-state index < -0.39 is 6.10 Å². The minimum Gasteiger partial charge on any atom is -0.386 e. The fourth-order valence-electron chi connectivity index (χ4n) is 2.84. The Labute approximate surface area is 159 Å². The molecule has 1 atom stereocenters. The zero-order valence-corrected chi connectivity index (χ0v) is 15.4. The zero-order chi connectivity index (χ0) is 18.8. The van der Waals surface area contributed by atoms with Gasteiger partial charge < -0.3 is 15.0 Å². The molecule has 138 valence electrons. The highest BCUT2D eigenvalue weighted by Gasteiger charge is 2.15. The van der Waals surface area contributed by atoms with Gasteiger partial charge in [-0.2, -0.15) is 0 Å². The van der Waals surface area contributed by atoms with E-state index in [0.717, 1.165) is 21.7 Å². The minimum absolute atomic E-state index is 0.201. The topological polar surface area (TPSA) is 97.9 Å². The number of fused-ring (bicyclic) bond motifs is 1. The molecule has 0 aliphatic carbocycles. The lowest BCUT2D eigenvalue weighted by molar-refractivity contribution is 0.0944. The van der Waals surface area contributed by atoms with Crippen LogP contribution in [0.2, 0.25) is 0 Å². The molecule has 4 aromatic rings. The molecule has 0 aliphatic rings. The number of benzene rings is 1. The standard InChI is InChI=1S/C18H18N6O2S/c1-23-14-6-3-2-5-12(14)20-17(23)9-19-18(26)13-10-24(22-21-13)11-15(25)16-7-4-8-27-16/h2-8,10,15,25H,9,11H2,1H3,(H,19,26). The number of nitrogens with one attached hydrogen (secondary N) is 1. The molecule has 3 heterocycles. The summed E-state index contributed by atoms with van der Waals surface area (Å²) >= 11 is 1.47. The number of imidazole rings is 1. The van der Waals surface area contributed by atoms with Gasteiger partial charge in [0.1, 0.15) is 11.9 Å². The number of amides is 1. The molecule has 1 unspecified atom stereocenters. The molecular formula is C18H18N6O2S. The first-order chi connectivity index (χ1) is 13.1. The van der Waals surface area contributed by atoms with Crippen LogP contribution in [-0.2, 0) is 20.1 Å².